The molecule has 2 heterocycles. The van der Waals surface area contributed by atoms with Gasteiger partial charge in [0, 0.05) is 0 Å². The van der Waals surface area contributed by atoms with Gasteiger partial charge in [-0.15, -0.1) is 0 Å². The number of aromatic nitrogens is 3. The molecular formula is C22H20N4. The summed E-state index contributed by atoms with van der Waals surface area (Å²) < 4.78 is 2.02. The van der Waals surface area contributed by atoms with Crippen molar-refractivity contribution < 1.29 is 0 Å². The van der Waals surface area contributed by atoms with Gasteiger partial charge in [-0.05, 0) is 35.2 Å². The number of nitrogens with zero attached hydrogens (tertiary/aromatic N) is 3. The molecule has 0 amide bonds. The summed E-state index contributed by atoms with van der Waals surface area (Å²) in [6, 6.07) is 24.2. The Hall–Kier alpha value is -3.14. The molecule has 1 aliphatic heterocycles. The van der Waals surface area contributed by atoms with E-state index in [1.54, 1.807) is 6.33 Å². The Bertz CT molecular complexity index is 1060. The second-order valence-corrected chi connectivity index (χ2v) is 6.96. The Kier molecular flexibility index (Phi) is 3.49. The Labute approximate surface area is 152 Å². The van der Waals surface area contributed by atoms with Crippen molar-refractivity contribution in [3.63, 3.8) is 0 Å². The molecule has 1 N–H and O–H groups in total. The highest BCUT2D eigenvalue weighted by atomic mass is 15.4. The van der Waals surface area contributed by atoms with Crippen molar-refractivity contribution in [3.8, 4) is 0 Å². The van der Waals surface area contributed by atoms with Crippen LogP contribution in [-0.4, -0.2) is 14.8 Å². The molecule has 0 aliphatic carbocycles. The molecule has 1 aliphatic rings. The molecule has 4 aromatic rings. The smallest absolute Gasteiger partial charge is 0.222 e. The summed E-state index contributed by atoms with van der Waals surface area (Å²) in [7, 11) is 0. The van der Waals surface area contributed by atoms with E-state index in [4.69, 9.17) is 0 Å². The van der Waals surface area contributed by atoms with Gasteiger partial charge in [0.05, 0.1) is 12.1 Å². The van der Waals surface area contributed by atoms with Gasteiger partial charge in [-0.25, -0.2) is 4.68 Å². The second-order valence-electron chi connectivity index (χ2n) is 6.96. The molecule has 0 radical (unpaired) electrons. The van der Waals surface area contributed by atoms with Crippen LogP contribution in [0.5, 0.6) is 0 Å². The number of hydrogen-bond donors (Lipinski definition) is 1. The third-order valence-corrected chi connectivity index (χ3v) is 5.29. The van der Waals surface area contributed by atoms with Crippen molar-refractivity contribution in [2.75, 3.05) is 5.32 Å². The van der Waals surface area contributed by atoms with Crippen molar-refractivity contribution in [3.05, 3.63) is 89.7 Å². The van der Waals surface area contributed by atoms with Crippen LogP contribution < -0.4 is 5.32 Å². The summed E-state index contributed by atoms with van der Waals surface area (Å²) in [6.45, 7) is 2.12. The largest absolute Gasteiger partial charge is 0.348 e. The topological polar surface area (TPSA) is 42.7 Å². The van der Waals surface area contributed by atoms with Gasteiger partial charge in [0.1, 0.15) is 6.33 Å². The quantitative estimate of drug-likeness (QED) is 0.565. The average molecular weight is 340 g/mol. The molecule has 5 rings (SSSR count). The molecule has 0 spiro atoms. The maximum Gasteiger partial charge on any atom is 0.222 e. The minimum atomic E-state index is 0.158. The zero-order valence-electron chi connectivity index (χ0n) is 14.6. The first kappa shape index (κ1) is 15.1. The molecule has 4 nitrogen and oxygen atoms in total. The molecule has 1 aromatic heterocycles. The van der Waals surface area contributed by atoms with E-state index < -0.39 is 0 Å². The van der Waals surface area contributed by atoms with E-state index in [0.717, 1.165) is 12.4 Å². The summed E-state index contributed by atoms with van der Waals surface area (Å²) in [6.07, 6.45) is 2.57. The van der Waals surface area contributed by atoms with Crippen LogP contribution in [0.15, 0.2) is 73.1 Å². The fourth-order valence-electron chi connectivity index (χ4n) is 3.94. The molecule has 4 heteroatoms. The summed E-state index contributed by atoms with van der Waals surface area (Å²) >= 11 is 0. The van der Waals surface area contributed by atoms with Crippen molar-refractivity contribution in [1.82, 2.24) is 14.8 Å². The number of rotatable bonds is 2. The lowest BCUT2D eigenvalue weighted by Crippen LogP contribution is -2.28. The number of hydrogen-bond acceptors (Lipinski definition) is 3. The fraction of sp³-hybridized carbons (Fsp3) is 0.182. The molecule has 0 saturated heterocycles. The molecule has 0 saturated carbocycles. The zero-order chi connectivity index (χ0) is 17.5. The van der Waals surface area contributed by atoms with Gasteiger partial charge in [-0.3, -0.25) is 0 Å². The number of nitrogens with one attached hydrogen (secondary N) is 1. The maximum absolute atomic E-state index is 4.51. The zero-order valence-corrected chi connectivity index (χ0v) is 14.6. The first-order valence-corrected chi connectivity index (χ1v) is 9.00. The van der Waals surface area contributed by atoms with E-state index in [1.165, 1.54) is 27.5 Å². The number of anilines is 1. The maximum atomic E-state index is 4.51. The highest BCUT2D eigenvalue weighted by Crippen LogP contribution is 2.39. The van der Waals surface area contributed by atoms with Crippen LogP contribution in [0.2, 0.25) is 0 Å². The lowest BCUT2D eigenvalue weighted by molar-refractivity contribution is 0.433. The number of fused-ring (bicyclic) bond motifs is 2. The monoisotopic (exact) mass is 340 g/mol. The van der Waals surface area contributed by atoms with Gasteiger partial charge in [-0.2, -0.15) is 10.1 Å². The lowest BCUT2D eigenvalue weighted by Gasteiger charge is -2.32. The van der Waals surface area contributed by atoms with Crippen LogP contribution in [0, 0.1) is 6.92 Å². The van der Waals surface area contributed by atoms with Crippen LogP contribution in [0.1, 0.15) is 35.2 Å². The van der Waals surface area contributed by atoms with Crippen LogP contribution >= 0.6 is 0 Å². The highest BCUT2D eigenvalue weighted by molar-refractivity contribution is 5.86. The molecule has 128 valence electrons. The van der Waals surface area contributed by atoms with Crippen molar-refractivity contribution >= 4 is 16.7 Å². The van der Waals surface area contributed by atoms with Gasteiger partial charge >= 0.3 is 0 Å². The minimum absolute atomic E-state index is 0.158. The molecule has 0 fully saturated rings. The van der Waals surface area contributed by atoms with Crippen LogP contribution in [-0.2, 0) is 0 Å². The Morgan fingerprint density at radius 2 is 1.77 bits per heavy atom. The third kappa shape index (κ3) is 2.46. The molecule has 3 aromatic carbocycles. The highest BCUT2D eigenvalue weighted by Gasteiger charge is 2.30. The van der Waals surface area contributed by atoms with E-state index in [0.29, 0.717) is 0 Å². The van der Waals surface area contributed by atoms with Gasteiger partial charge < -0.3 is 5.32 Å². The predicted molar refractivity (Wildman–Crippen MR) is 104 cm³/mol. The van der Waals surface area contributed by atoms with Crippen LogP contribution in [0.4, 0.5) is 5.95 Å². The first-order valence-electron chi connectivity index (χ1n) is 9.00. The standard InChI is InChI=1S/C22H20N4/c1-15-9-11-17(12-10-15)20-13-21(26-22(25-20)23-14-24-26)19-8-4-6-16-5-2-3-7-18(16)19/h2-12,14,20-21H,13H2,1H3,(H,23,24,25). The molecular weight excluding hydrogens is 320 g/mol. The molecule has 0 bridgehead atoms. The van der Waals surface area contributed by atoms with Crippen molar-refractivity contribution in [2.24, 2.45) is 0 Å². The van der Waals surface area contributed by atoms with E-state index in [1.807, 2.05) is 4.68 Å². The Morgan fingerprint density at radius 1 is 0.962 bits per heavy atom. The van der Waals surface area contributed by atoms with E-state index in [-0.39, 0.29) is 12.1 Å². The first-order chi connectivity index (χ1) is 12.8. The van der Waals surface area contributed by atoms with Crippen molar-refractivity contribution in [1.29, 1.82) is 0 Å². The Balaban J connectivity index is 1.62. The van der Waals surface area contributed by atoms with Gasteiger partial charge in [0.2, 0.25) is 5.95 Å². The van der Waals surface area contributed by atoms with E-state index in [2.05, 4.69) is 89.1 Å². The lowest BCUT2D eigenvalue weighted by atomic mass is 9.90. The molecule has 2 atom stereocenters. The van der Waals surface area contributed by atoms with Gasteiger partial charge in [0.15, 0.2) is 0 Å². The normalized spacial score (nSPS) is 19.1. The molecule has 26 heavy (non-hydrogen) atoms. The predicted octanol–water partition coefficient (Wildman–Crippen LogP) is 4.89. The van der Waals surface area contributed by atoms with Crippen LogP contribution in [0.3, 0.4) is 0 Å². The average Bonchev–Trinajstić information content (AvgIpc) is 3.16. The third-order valence-electron chi connectivity index (χ3n) is 5.29. The van der Waals surface area contributed by atoms with Crippen LogP contribution in [0.25, 0.3) is 10.8 Å². The van der Waals surface area contributed by atoms with Crippen molar-refractivity contribution in [2.45, 2.75) is 25.4 Å². The van der Waals surface area contributed by atoms with Gasteiger partial charge in [-0.1, -0.05) is 72.3 Å². The molecule has 2 unspecified atom stereocenters. The fourth-order valence-corrected chi connectivity index (χ4v) is 3.94. The SMILES string of the molecule is Cc1ccc(C2CC(c3cccc4ccccc34)n3ncnc3N2)cc1. The summed E-state index contributed by atoms with van der Waals surface area (Å²) in [4.78, 5) is 4.45. The Morgan fingerprint density at radius 3 is 2.65 bits per heavy atom. The number of benzene rings is 3. The van der Waals surface area contributed by atoms with E-state index in [9.17, 15) is 0 Å². The minimum Gasteiger partial charge on any atom is -0.348 e. The van der Waals surface area contributed by atoms with E-state index >= 15 is 0 Å². The second kappa shape index (κ2) is 5.99. The van der Waals surface area contributed by atoms with Gasteiger partial charge in [0.25, 0.3) is 0 Å². The summed E-state index contributed by atoms with van der Waals surface area (Å²) in [5, 5.41) is 10.6. The summed E-state index contributed by atoms with van der Waals surface area (Å²) in [5.41, 5.74) is 3.86. The summed E-state index contributed by atoms with van der Waals surface area (Å²) in [5.74, 6) is 0.833. The number of aryl methyl sites for hydroxylation is 1.